The summed E-state index contributed by atoms with van der Waals surface area (Å²) in [6.45, 7) is 3.45. The number of aromatic amines is 1. The highest BCUT2D eigenvalue weighted by molar-refractivity contribution is 7.91. The second-order valence-electron chi connectivity index (χ2n) is 5.78. The molecule has 0 aromatic carbocycles. The predicted octanol–water partition coefficient (Wildman–Crippen LogP) is -0.0352. The van der Waals surface area contributed by atoms with Crippen molar-refractivity contribution in [3.05, 3.63) is 27.4 Å². The van der Waals surface area contributed by atoms with E-state index in [0.29, 0.717) is 29.9 Å². The van der Waals surface area contributed by atoms with Gasteiger partial charge in [0.15, 0.2) is 9.84 Å². The first-order valence-electron chi connectivity index (χ1n) is 7.22. The molecule has 2 rings (SSSR count). The fraction of sp³-hybridized carbons (Fsp3) is 0.643. The molecule has 1 aliphatic rings. The number of nitrogens with one attached hydrogen (secondary N) is 1. The number of carbonyl (C=O) groups is 1. The maximum atomic E-state index is 12.2. The topological polar surface area (TPSA) is 100 Å². The van der Waals surface area contributed by atoms with Gasteiger partial charge in [0.2, 0.25) is 5.91 Å². The number of H-pyrrole nitrogens is 1. The maximum Gasteiger partial charge on any atom is 0.254 e. The molecule has 0 saturated carbocycles. The number of sulfone groups is 1. The number of amides is 1. The zero-order chi connectivity index (χ0) is 16.5. The molecule has 1 saturated heterocycles. The fourth-order valence-corrected chi connectivity index (χ4v) is 4.51. The summed E-state index contributed by atoms with van der Waals surface area (Å²) in [4.78, 5) is 32.4. The number of hydrogen-bond donors (Lipinski definition) is 1. The zero-order valence-electron chi connectivity index (χ0n) is 13.0. The van der Waals surface area contributed by atoms with E-state index in [-0.39, 0.29) is 35.4 Å². The number of aromatic nitrogens is 2. The summed E-state index contributed by atoms with van der Waals surface area (Å²) in [7, 11) is -1.39. The molecule has 7 nitrogen and oxygen atoms in total. The summed E-state index contributed by atoms with van der Waals surface area (Å²) >= 11 is 0. The number of nitrogens with zero attached hydrogens (tertiary/aromatic N) is 2. The molecular weight excluding hydrogens is 306 g/mol. The number of rotatable bonds is 4. The fourth-order valence-electron chi connectivity index (χ4n) is 2.74. The van der Waals surface area contributed by atoms with Crippen LogP contribution in [0.15, 0.2) is 4.79 Å². The van der Waals surface area contributed by atoms with Crippen molar-refractivity contribution < 1.29 is 13.2 Å². The van der Waals surface area contributed by atoms with Gasteiger partial charge in [-0.3, -0.25) is 9.59 Å². The maximum absolute atomic E-state index is 12.2. The van der Waals surface area contributed by atoms with Crippen molar-refractivity contribution in [2.45, 2.75) is 39.2 Å². The summed E-state index contributed by atoms with van der Waals surface area (Å²) in [6.07, 6.45) is 0.953. The Labute approximate surface area is 129 Å². The van der Waals surface area contributed by atoms with E-state index in [1.807, 2.05) is 0 Å². The van der Waals surface area contributed by atoms with E-state index in [1.54, 1.807) is 20.9 Å². The smallest absolute Gasteiger partial charge is 0.254 e. The lowest BCUT2D eigenvalue weighted by Crippen LogP contribution is -2.38. The van der Waals surface area contributed by atoms with Crippen molar-refractivity contribution in [2.75, 3.05) is 18.6 Å². The van der Waals surface area contributed by atoms with Gasteiger partial charge >= 0.3 is 0 Å². The lowest BCUT2D eigenvalue weighted by Gasteiger charge is -2.23. The van der Waals surface area contributed by atoms with Crippen molar-refractivity contribution in [1.29, 1.82) is 0 Å². The molecule has 1 aromatic rings. The number of aryl methyl sites for hydroxylation is 2. The second kappa shape index (κ2) is 6.20. The van der Waals surface area contributed by atoms with Crippen LogP contribution in [0.25, 0.3) is 0 Å². The second-order valence-corrected chi connectivity index (χ2v) is 8.01. The quantitative estimate of drug-likeness (QED) is 0.837. The van der Waals surface area contributed by atoms with Crippen LogP contribution in [-0.4, -0.2) is 53.8 Å². The van der Waals surface area contributed by atoms with E-state index in [1.165, 1.54) is 4.90 Å². The molecule has 0 spiro atoms. The Bertz CT molecular complexity index is 739. The monoisotopic (exact) mass is 327 g/mol. The largest absolute Gasteiger partial charge is 0.342 e. The van der Waals surface area contributed by atoms with Crippen LogP contribution >= 0.6 is 0 Å². The molecule has 0 bridgehead atoms. The minimum atomic E-state index is -3.02. The Morgan fingerprint density at radius 1 is 1.41 bits per heavy atom. The van der Waals surface area contributed by atoms with Gasteiger partial charge in [-0.2, -0.15) is 0 Å². The molecule has 2 heterocycles. The van der Waals surface area contributed by atoms with E-state index >= 15 is 0 Å². The standard InChI is InChI=1S/C14H21N3O4S/c1-9-12(14(19)16-10(2)15-9)4-5-13(18)17(3)11-6-7-22(20,21)8-11/h11H,4-8H2,1-3H3,(H,15,16,19). The van der Waals surface area contributed by atoms with Gasteiger partial charge in [0.25, 0.3) is 5.56 Å². The van der Waals surface area contributed by atoms with E-state index in [4.69, 9.17) is 0 Å². The SMILES string of the molecule is Cc1nc(C)c(CCC(=O)N(C)C2CCS(=O)(=O)C2)c(=O)[nH]1. The molecular formula is C14H21N3O4S. The van der Waals surface area contributed by atoms with Gasteiger partial charge in [-0.15, -0.1) is 0 Å². The molecule has 8 heteroatoms. The molecule has 22 heavy (non-hydrogen) atoms. The highest BCUT2D eigenvalue weighted by Gasteiger charge is 2.32. The van der Waals surface area contributed by atoms with Crippen molar-refractivity contribution in [3.63, 3.8) is 0 Å². The van der Waals surface area contributed by atoms with E-state index in [9.17, 15) is 18.0 Å². The van der Waals surface area contributed by atoms with Crippen molar-refractivity contribution in [2.24, 2.45) is 0 Å². The van der Waals surface area contributed by atoms with Gasteiger partial charge in [0.05, 0.1) is 11.5 Å². The van der Waals surface area contributed by atoms with E-state index in [0.717, 1.165) is 0 Å². The Hall–Kier alpha value is -1.70. The molecule has 1 amide bonds. The van der Waals surface area contributed by atoms with Crippen LogP contribution in [0.5, 0.6) is 0 Å². The Morgan fingerprint density at radius 3 is 2.64 bits per heavy atom. The minimum Gasteiger partial charge on any atom is -0.342 e. The van der Waals surface area contributed by atoms with E-state index < -0.39 is 9.84 Å². The van der Waals surface area contributed by atoms with Crippen molar-refractivity contribution in [1.82, 2.24) is 14.9 Å². The summed E-state index contributed by atoms with van der Waals surface area (Å²) in [5.74, 6) is 0.559. The number of hydrogen-bond acceptors (Lipinski definition) is 5. The Kier molecular flexibility index (Phi) is 4.69. The minimum absolute atomic E-state index is 0.0287. The summed E-state index contributed by atoms with van der Waals surface area (Å²) in [5.41, 5.74) is 0.912. The lowest BCUT2D eigenvalue weighted by molar-refractivity contribution is -0.131. The van der Waals surface area contributed by atoms with Crippen molar-refractivity contribution >= 4 is 15.7 Å². The number of carbonyl (C=O) groups excluding carboxylic acids is 1. The third-order valence-electron chi connectivity index (χ3n) is 4.08. The molecule has 1 aromatic heterocycles. The Morgan fingerprint density at radius 2 is 2.09 bits per heavy atom. The van der Waals surface area contributed by atoms with Crippen LogP contribution in [0.2, 0.25) is 0 Å². The van der Waals surface area contributed by atoms with Crippen LogP contribution < -0.4 is 5.56 Å². The van der Waals surface area contributed by atoms with Crippen LogP contribution in [0, 0.1) is 13.8 Å². The lowest BCUT2D eigenvalue weighted by atomic mass is 10.1. The van der Waals surface area contributed by atoms with Crippen molar-refractivity contribution in [3.8, 4) is 0 Å². The van der Waals surface area contributed by atoms with Gasteiger partial charge in [-0.05, 0) is 26.7 Å². The summed E-state index contributed by atoms with van der Waals surface area (Å²) < 4.78 is 23.0. The molecule has 1 atom stereocenters. The van der Waals surface area contributed by atoms with Gasteiger partial charge in [0.1, 0.15) is 5.82 Å². The van der Waals surface area contributed by atoms with E-state index in [2.05, 4.69) is 9.97 Å². The molecule has 122 valence electrons. The molecule has 1 unspecified atom stereocenters. The highest BCUT2D eigenvalue weighted by atomic mass is 32.2. The predicted molar refractivity (Wildman–Crippen MR) is 82.5 cm³/mol. The van der Waals surface area contributed by atoms with Crippen LogP contribution in [0.4, 0.5) is 0 Å². The molecule has 0 aliphatic carbocycles. The van der Waals surface area contributed by atoms with Crippen LogP contribution in [0.1, 0.15) is 29.9 Å². The first-order valence-corrected chi connectivity index (χ1v) is 9.04. The first kappa shape index (κ1) is 16.7. The average Bonchev–Trinajstić information content (AvgIpc) is 2.76. The Balaban J connectivity index is 2.00. The third-order valence-corrected chi connectivity index (χ3v) is 5.83. The average molecular weight is 327 g/mol. The highest BCUT2D eigenvalue weighted by Crippen LogP contribution is 2.17. The molecule has 1 N–H and O–H groups in total. The molecule has 0 radical (unpaired) electrons. The van der Waals surface area contributed by atoms with Gasteiger partial charge < -0.3 is 9.88 Å². The van der Waals surface area contributed by atoms with Crippen LogP contribution in [0.3, 0.4) is 0 Å². The van der Waals surface area contributed by atoms with Gasteiger partial charge in [-0.1, -0.05) is 0 Å². The van der Waals surface area contributed by atoms with Gasteiger partial charge in [-0.25, -0.2) is 13.4 Å². The normalized spacial score (nSPS) is 20.0. The third kappa shape index (κ3) is 3.73. The summed E-state index contributed by atoms with van der Waals surface area (Å²) in [6, 6.07) is -0.256. The first-order chi connectivity index (χ1) is 10.2. The molecule has 1 aliphatic heterocycles. The zero-order valence-corrected chi connectivity index (χ0v) is 13.9. The van der Waals surface area contributed by atoms with Crippen LogP contribution in [-0.2, 0) is 21.1 Å². The van der Waals surface area contributed by atoms with Gasteiger partial charge in [0, 0.05) is 30.8 Å². The molecule has 1 fully saturated rings. The summed E-state index contributed by atoms with van der Waals surface area (Å²) in [5, 5.41) is 0.